The quantitative estimate of drug-likeness (QED) is 0.654. The summed E-state index contributed by atoms with van der Waals surface area (Å²) < 4.78 is 47.3. The Morgan fingerprint density at radius 2 is 1.67 bits per heavy atom. The molecule has 0 amide bonds. The maximum absolute atomic E-state index is 13.9. The number of halogens is 1. The van der Waals surface area contributed by atoms with E-state index in [0.717, 1.165) is 11.1 Å². The lowest BCUT2D eigenvalue weighted by atomic mass is 9.90. The first-order valence-corrected chi connectivity index (χ1v) is 9.95. The van der Waals surface area contributed by atoms with Crippen LogP contribution in [-0.4, -0.2) is 15.5 Å². The molecule has 6 heteroatoms. The first-order valence-electron chi connectivity index (χ1n) is 8.51. The Balaban J connectivity index is 1.92. The smallest absolute Gasteiger partial charge is 0.264 e. The average Bonchev–Trinajstić information content (AvgIpc) is 2.68. The van der Waals surface area contributed by atoms with Crippen LogP contribution in [-0.2, 0) is 10.0 Å². The van der Waals surface area contributed by atoms with E-state index in [1.54, 1.807) is 37.3 Å². The summed E-state index contributed by atoms with van der Waals surface area (Å²) in [6.45, 7) is 1.77. The minimum Gasteiger partial charge on any atom is -0.497 e. The minimum absolute atomic E-state index is 0.157. The Bertz CT molecular complexity index is 1110. The Morgan fingerprint density at radius 1 is 0.963 bits per heavy atom. The normalized spacial score (nSPS) is 15.8. The Morgan fingerprint density at radius 3 is 2.37 bits per heavy atom. The van der Waals surface area contributed by atoms with Crippen LogP contribution in [0.25, 0.3) is 11.1 Å². The van der Waals surface area contributed by atoms with E-state index in [9.17, 15) is 12.8 Å². The molecule has 138 valence electrons. The first kappa shape index (κ1) is 17.5. The van der Waals surface area contributed by atoms with Gasteiger partial charge in [0.05, 0.1) is 23.7 Å². The number of benzene rings is 3. The molecular formula is C21H18FNO3S. The van der Waals surface area contributed by atoms with Gasteiger partial charge in [-0.1, -0.05) is 24.3 Å². The number of fused-ring (bicyclic) bond motifs is 3. The molecule has 0 spiro atoms. The summed E-state index contributed by atoms with van der Waals surface area (Å²) in [5.41, 5.74) is 2.84. The van der Waals surface area contributed by atoms with Gasteiger partial charge in [-0.3, -0.25) is 4.31 Å². The van der Waals surface area contributed by atoms with E-state index in [1.807, 2.05) is 12.1 Å². The zero-order valence-corrected chi connectivity index (χ0v) is 15.7. The second-order valence-corrected chi connectivity index (χ2v) is 8.22. The number of ether oxygens (including phenoxy) is 1. The van der Waals surface area contributed by atoms with Crippen molar-refractivity contribution >= 4 is 15.7 Å². The topological polar surface area (TPSA) is 46.6 Å². The van der Waals surface area contributed by atoms with Crippen molar-refractivity contribution < 1.29 is 17.5 Å². The molecule has 1 heterocycles. The van der Waals surface area contributed by atoms with Crippen LogP contribution in [0.2, 0.25) is 0 Å². The summed E-state index contributed by atoms with van der Waals surface area (Å²) in [6, 6.07) is 17.5. The number of methoxy groups -OCH3 is 1. The molecule has 0 aromatic heterocycles. The van der Waals surface area contributed by atoms with Crippen molar-refractivity contribution in [3.05, 3.63) is 78.1 Å². The fourth-order valence-corrected chi connectivity index (χ4v) is 5.21. The average molecular weight is 383 g/mol. The van der Waals surface area contributed by atoms with E-state index in [0.29, 0.717) is 17.0 Å². The second kappa shape index (κ2) is 6.39. The fraction of sp³-hybridized carbons (Fsp3) is 0.143. The molecule has 0 bridgehead atoms. The molecule has 1 aliphatic heterocycles. The van der Waals surface area contributed by atoms with Gasteiger partial charge in [0, 0.05) is 5.56 Å². The van der Waals surface area contributed by atoms with Crippen LogP contribution < -0.4 is 9.04 Å². The molecule has 27 heavy (non-hydrogen) atoms. The van der Waals surface area contributed by atoms with Gasteiger partial charge in [-0.05, 0) is 60.5 Å². The van der Waals surface area contributed by atoms with Crippen LogP contribution >= 0.6 is 0 Å². The summed E-state index contributed by atoms with van der Waals surface area (Å²) in [4.78, 5) is 0.157. The van der Waals surface area contributed by atoms with Gasteiger partial charge < -0.3 is 4.74 Å². The summed E-state index contributed by atoms with van der Waals surface area (Å²) in [7, 11) is -2.32. The van der Waals surface area contributed by atoms with Crippen LogP contribution in [0.15, 0.2) is 71.6 Å². The van der Waals surface area contributed by atoms with Crippen molar-refractivity contribution in [3.8, 4) is 16.9 Å². The largest absolute Gasteiger partial charge is 0.497 e. The summed E-state index contributed by atoms with van der Waals surface area (Å²) in [6.07, 6.45) is 0. The van der Waals surface area contributed by atoms with Crippen molar-refractivity contribution in [3.63, 3.8) is 0 Å². The molecule has 0 fully saturated rings. The molecule has 0 unspecified atom stereocenters. The molecular weight excluding hydrogens is 365 g/mol. The van der Waals surface area contributed by atoms with Gasteiger partial charge in [0.1, 0.15) is 11.6 Å². The predicted molar refractivity (Wildman–Crippen MR) is 103 cm³/mol. The number of hydrogen-bond acceptors (Lipinski definition) is 3. The maximum Gasteiger partial charge on any atom is 0.264 e. The number of rotatable bonds is 3. The van der Waals surface area contributed by atoms with Crippen molar-refractivity contribution in [1.29, 1.82) is 0 Å². The SMILES string of the molecule is COc1ccc(S(=O)(=O)N2c3ccccc3-c3ccc(F)cc3[C@H]2C)cc1. The van der Waals surface area contributed by atoms with E-state index in [1.165, 1.54) is 35.7 Å². The lowest BCUT2D eigenvalue weighted by Crippen LogP contribution is -2.36. The standard InChI is InChI=1S/C21H18FNO3S/c1-14-20-13-15(22)7-12-18(20)19-5-3-4-6-21(19)23(14)27(24,25)17-10-8-16(26-2)9-11-17/h3-14H,1-2H3/t14-/m1/s1. The van der Waals surface area contributed by atoms with Crippen molar-refractivity contribution in [2.45, 2.75) is 17.9 Å². The van der Waals surface area contributed by atoms with Gasteiger partial charge in [0.2, 0.25) is 0 Å². The van der Waals surface area contributed by atoms with E-state index in [2.05, 4.69) is 0 Å². The van der Waals surface area contributed by atoms with Crippen molar-refractivity contribution in [1.82, 2.24) is 0 Å². The van der Waals surface area contributed by atoms with Gasteiger partial charge in [-0.2, -0.15) is 0 Å². The highest BCUT2D eigenvalue weighted by Crippen LogP contribution is 2.47. The van der Waals surface area contributed by atoms with Gasteiger partial charge in [0.15, 0.2) is 0 Å². The number of para-hydroxylation sites is 1. The highest BCUT2D eigenvalue weighted by Gasteiger charge is 2.36. The van der Waals surface area contributed by atoms with E-state index in [-0.39, 0.29) is 10.7 Å². The van der Waals surface area contributed by atoms with E-state index < -0.39 is 16.1 Å². The molecule has 1 aliphatic rings. The molecule has 0 aliphatic carbocycles. The predicted octanol–water partition coefficient (Wildman–Crippen LogP) is 4.77. The Kier molecular flexibility index (Phi) is 4.15. The van der Waals surface area contributed by atoms with E-state index >= 15 is 0 Å². The maximum atomic E-state index is 13.9. The molecule has 4 rings (SSSR count). The zero-order valence-electron chi connectivity index (χ0n) is 14.9. The Hall–Kier alpha value is -2.86. The molecule has 3 aromatic rings. The number of sulfonamides is 1. The van der Waals surface area contributed by atoms with Crippen molar-refractivity contribution in [2.24, 2.45) is 0 Å². The third-order valence-electron chi connectivity index (χ3n) is 4.86. The van der Waals surface area contributed by atoms with Gasteiger partial charge in [-0.15, -0.1) is 0 Å². The molecule has 3 aromatic carbocycles. The van der Waals surface area contributed by atoms with Crippen LogP contribution in [0, 0.1) is 5.82 Å². The third kappa shape index (κ3) is 2.77. The number of anilines is 1. The lowest BCUT2D eigenvalue weighted by Gasteiger charge is -2.37. The first-order chi connectivity index (χ1) is 12.9. The highest BCUT2D eigenvalue weighted by atomic mass is 32.2. The van der Waals surface area contributed by atoms with Crippen LogP contribution in [0.4, 0.5) is 10.1 Å². The van der Waals surface area contributed by atoms with Gasteiger partial charge in [-0.25, -0.2) is 12.8 Å². The lowest BCUT2D eigenvalue weighted by molar-refractivity contribution is 0.414. The number of nitrogens with zero attached hydrogens (tertiary/aromatic N) is 1. The van der Waals surface area contributed by atoms with Crippen LogP contribution in [0.1, 0.15) is 18.5 Å². The second-order valence-electron chi connectivity index (χ2n) is 6.40. The summed E-state index contributed by atoms with van der Waals surface area (Å²) in [5, 5.41) is 0. The number of hydrogen-bond donors (Lipinski definition) is 0. The third-order valence-corrected chi connectivity index (χ3v) is 6.76. The molecule has 0 saturated heterocycles. The minimum atomic E-state index is -3.85. The van der Waals surface area contributed by atoms with Crippen LogP contribution in [0.5, 0.6) is 5.75 Å². The summed E-state index contributed by atoms with van der Waals surface area (Å²) in [5.74, 6) is 0.190. The highest BCUT2D eigenvalue weighted by molar-refractivity contribution is 7.92. The zero-order chi connectivity index (χ0) is 19.2. The van der Waals surface area contributed by atoms with Gasteiger partial charge in [0.25, 0.3) is 10.0 Å². The van der Waals surface area contributed by atoms with Crippen molar-refractivity contribution in [2.75, 3.05) is 11.4 Å². The molecule has 0 saturated carbocycles. The van der Waals surface area contributed by atoms with E-state index in [4.69, 9.17) is 4.74 Å². The molecule has 0 radical (unpaired) electrons. The Labute approximate surface area is 157 Å². The van der Waals surface area contributed by atoms with Gasteiger partial charge >= 0.3 is 0 Å². The fourth-order valence-electron chi connectivity index (χ4n) is 3.55. The molecule has 4 nitrogen and oxygen atoms in total. The monoisotopic (exact) mass is 383 g/mol. The van der Waals surface area contributed by atoms with Crippen LogP contribution in [0.3, 0.4) is 0 Å². The summed E-state index contributed by atoms with van der Waals surface area (Å²) >= 11 is 0. The molecule has 0 N–H and O–H groups in total. The molecule has 1 atom stereocenters.